The number of amides is 1. The van der Waals surface area contributed by atoms with E-state index in [4.69, 9.17) is 14.5 Å². The molecular weight excluding hydrogens is 392 g/mol. The molecule has 162 valence electrons. The topological polar surface area (TPSA) is 78.3 Å². The Kier molecular flexibility index (Phi) is 4.84. The zero-order valence-corrected chi connectivity index (χ0v) is 18.4. The zero-order chi connectivity index (χ0) is 21.7. The Bertz CT molecular complexity index is 1160. The van der Waals surface area contributed by atoms with Gasteiger partial charge in [0.1, 0.15) is 17.6 Å². The average Bonchev–Trinajstić information content (AvgIpc) is 3.38. The lowest BCUT2D eigenvalue weighted by atomic mass is 10.1. The number of nitrogens with zero attached hydrogens (tertiary/aromatic N) is 3. The molecule has 0 spiro atoms. The number of anilines is 1. The second-order valence-electron chi connectivity index (χ2n) is 8.76. The molecule has 1 fully saturated rings. The average molecular weight is 421 g/mol. The second kappa shape index (κ2) is 7.55. The summed E-state index contributed by atoms with van der Waals surface area (Å²) in [7, 11) is 0. The van der Waals surface area contributed by atoms with Gasteiger partial charge in [-0.3, -0.25) is 4.79 Å². The highest BCUT2D eigenvalue weighted by Crippen LogP contribution is 2.41. The molecular formula is C24H28N4O3. The maximum absolute atomic E-state index is 13.5. The Labute approximate surface area is 181 Å². The van der Waals surface area contributed by atoms with Crippen molar-refractivity contribution in [2.45, 2.75) is 65.0 Å². The predicted molar refractivity (Wildman–Crippen MR) is 119 cm³/mol. The molecule has 2 aliphatic rings. The number of hydrogen-bond acceptors (Lipinski definition) is 5. The van der Waals surface area contributed by atoms with E-state index in [2.05, 4.69) is 24.3 Å². The highest BCUT2D eigenvalue weighted by atomic mass is 16.5. The van der Waals surface area contributed by atoms with Crippen LogP contribution in [0, 0.1) is 0 Å². The molecule has 1 atom stereocenters. The number of aromatic nitrogens is 3. The summed E-state index contributed by atoms with van der Waals surface area (Å²) in [5.41, 5.74) is 4.05. The Hall–Kier alpha value is -3.09. The molecule has 0 radical (unpaired) electrons. The number of benzene rings is 1. The Morgan fingerprint density at radius 2 is 2.13 bits per heavy atom. The molecule has 2 aromatic heterocycles. The van der Waals surface area contributed by atoms with Gasteiger partial charge >= 0.3 is 0 Å². The van der Waals surface area contributed by atoms with E-state index in [0.29, 0.717) is 29.5 Å². The number of pyridine rings is 1. The Morgan fingerprint density at radius 1 is 1.32 bits per heavy atom. The van der Waals surface area contributed by atoms with E-state index in [9.17, 15) is 4.79 Å². The summed E-state index contributed by atoms with van der Waals surface area (Å²) in [5.74, 6) is 1.71. The molecule has 1 amide bonds. The molecule has 7 heteroatoms. The van der Waals surface area contributed by atoms with E-state index in [0.717, 1.165) is 47.3 Å². The summed E-state index contributed by atoms with van der Waals surface area (Å²) in [5, 5.41) is 8.33. The molecule has 1 aliphatic heterocycles. The van der Waals surface area contributed by atoms with Gasteiger partial charge in [0.25, 0.3) is 5.91 Å². The molecule has 1 N–H and O–H groups in total. The monoisotopic (exact) mass is 420 g/mol. The van der Waals surface area contributed by atoms with E-state index < -0.39 is 0 Å². The van der Waals surface area contributed by atoms with Crippen LogP contribution in [0.25, 0.3) is 11.0 Å². The number of fused-ring (bicyclic) bond motifs is 2. The molecule has 0 saturated heterocycles. The van der Waals surface area contributed by atoms with Crippen LogP contribution in [0.1, 0.15) is 74.1 Å². The van der Waals surface area contributed by atoms with Gasteiger partial charge in [-0.25, -0.2) is 9.67 Å². The van der Waals surface area contributed by atoms with Crippen molar-refractivity contribution < 1.29 is 14.3 Å². The van der Waals surface area contributed by atoms with Crippen molar-refractivity contribution in [2.24, 2.45) is 0 Å². The third kappa shape index (κ3) is 3.62. The van der Waals surface area contributed by atoms with Crippen LogP contribution in [0.15, 0.2) is 24.4 Å². The van der Waals surface area contributed by atoms with Crippen LogP contribution >= 0.6 is 0 Å². The molecule has 7 nitrogen and oxygen atoms in total. The third-order valence-corrected chi connectivity index (χ3v) is 5.86. The largest absolute Gasteiger partial charge is 0.492 e. The molecule has 1 aromatic carbocycles. The number of rotatable bonds is 6. The summed E-state index contributed by atoms with van der Waals surface area (Å²) in [4.78, 5) is 18.3. The van der Waals surface area contributed by atoms with Crippen molar-refractivity contribution >= 4 is 22.6 Å². The van der Waals surface area contributed by atoms with Crippen molar-refractivity contribution in [1.29, 1.82) is 0 Å². The van der Waals surface area contributed by atoms with E-state index in [1.807, 2.05) is 36.7 Å². The minimum absolute atomic E-state index is 0.123. The highest BCUT2D eigenvalue weighted by Gasteiger charge is 2.29. The normalized spacial score (nSPS) is 17.6. The van der Waals surface area contributed by atoms with Crippen LogP contribution < -0.4 is 14.8 Å². The fourth-order valence-corrected chi connectivity index (χ4v) is 4.19. The molecule has 0 bridgehead atoms. The van der Waals surface area contributed by atoms with Gasteiger partial charge in [0.15, 0.2) is 5.65 Å². The summed E-state index contributed by atoms with van der Waals surface area (Å²) in [6.07, 6.45) is 4.94. The van der Waals surface area contributed by atoms with Crippen LogP contribution in [0.2, 0.25) is 0 Å². The van der Waals surface area contributed by atoms with E-state index in [1.165, 1.54) is 0 Å². The standard InChI is InChI=1S/C24H28N4O3/c1-5-30-22-9-16-8-14(4)31-21(16)11-20(22)27-24(29)17-10-19(15-6-7-15)26-23-18(17)12-25-28(23)13(2)3/h9-15H,5-8H2,1-4H3,(H,27,29). The van der Waals surface area contributed by atoms with Gasteiger partial charge in [-0.1, -0.05) is 0 Å². The zero-order valence-electron chi connectivity index (χ0n) is 18.4. The quantitative estimate of drug-likeness (QED) is 0.616. The second-order valence-corrected chi connectivity index (χ2v) is 8.76. The fourth-order valence-electron chi connectivity index (χ4n) is 4.19. The van der Waals surface area contributed by atoms with E-state index in [1.54, 1.807) is 6.20 Å². The molecule has 3 heterocycles. The van der Waals surface area contributed by atoms with E-state index >= 15 is 0 Å². The van der Waals surface area contributed by atoms with Gasteiger partial charge in [-0.05, 0) is 52.7 Å². The molecule has 1 unspecified atom stereocenters. The van der Waals surface area contributed by atoms with Crippen molar-refractivity contribution in [3.8, 4) is 11.5 Å². The number of carbonyl (C=O) groups is 1. The minimum atomic E-state index is -0.190. The van der Waals surface area contributed by atoms with Crippen molar-refractivity contribution in [3.63, 3.8) is 0 Å². The first-order valence-corrected chi connectivity index (χ1v) is 11.1. The van der Waals surface area contributed by atoms with Crippen LogP contribution in [0.4, 0.5) is 5.69 Å². The number of hydrogen-bond donors (Lipinski definition) is 1. The van der Waals surface area contributed by atoms with Gasteiger partial charge in [0, 0.05) is 35.7 Å². The molecule has 3 aromatic rings. The van der Waals surface area contributed by atoms with Gasteiger partial charge in [-0.2, -0.15) is 5.10 Å². The molecule has 1 saturated carbocycles. The lowest BCUT2D eigenvalue weighted by Crippen LogP contribution is -2.15. The summed E-state index contributed by atoms with van der Waals surface area (Å²) < 4.78 is 13.6. The lowest BCUT2D eigenvalue weighted by molar-refractivity contribution is 0.102. The molecule has 31 heavy (non-hydrogen) atoms. The van der Waals surface area contributed by atoms with Crippen LogP contribution in [0.5, 0.6) is 11.5 Å². The minimum Gasteiger partial charge on any atom is -0.492 e. The Balaban J connectivity index is 1.55. The predicted octanol–water partition coefficient (Wildman–Crippen LogP) is 4.86. The van der Waals surface area contributed by atoms with Crippen molar-refractivity contribution in [3.05, 3.63) is 41.2 Å². The third-order valence-electron chi connectivity index (χ3n) is 5.86. The SMILES string of the molecule is CCOc1cc2c(cc1NC(=O)c1cc(C3CC3)nc3c1cnn3C(C)C)OC(C)C2. The van der Waals surface area contributed by atoms with Gasteiger partial charge in [0.05, 0.1) is 29.4 Å². The Morgan fingerprint density at radius 3 is 2.84 bits per heavy atom. The van der Waals surface area contributed by atoms with Gasteiger partial charge in [-0.15, -0.1) is 0 Å². The smallest absolute Gasteiger partial charge is 0.256 e. The lowest BCUT2D eigenvalue weighted by Gasteiger charge is -2.14. The maximum Gasteiger partial charge on any atom is 0.256 e. The van der Waals surface area contributed by atoms with Crippen molar-refractivity contribution in [1.82, 2.24) is 14.8 Å². The summed E-state index contributed by atoms with van der Waals surface area (Å²) >= 11 is 0. The maximum atomic E-state index is 13.5. The van der Waals surface area contributed by atoms with Gasteiger partial charge < -0.3 is 14.8 Å². The van der Waals surface area contributed by atoms with Gasteiger partial charge in [0.2, 0.25) is 0 Å². The first kappa shape index (κ1) is 19.8. The number of carbonyl (C=O) groups excluding carboxylic acids is 1. The summed E-state index contributed by atoms with van der Waals surface area (Å²) in [6.45, 7) is 8.63. The van der Waals surface area contributed by atoms with Crippen LogP contribution in [0.3, 0.4) is 0 Å². The van der Waals surface area contributed by atoms with E-state index in [-0.39, 0.29) is 18.1 Å². The van der Waals surface area contributed by atoms with Crippen LogP contribution in [-0.2, 0) is 6.42 Å². The highest BCUT2D eigenvalue weighted by molar-refractivity contribution is 6.12. The van der Waals surface area contributed by atoms with Crippen LogP contribution in [-0.4, -0.2) is 33.4 Å². The number of ether oxygens (including phenoxy) is 2. The number of nitrogens with one attached hydrogen (secondary N) is 1. The fraction of sp³-hybridized carbons (Fsp3) is 0.458. The molecule has 5 rings (SSSR count). The summed E-state index contributed by atoms with van der Waals surface area (Å²) in [6, 6.07) is 5.94. The molecule has 1 aliphatic carbocycles. The first-order valence-electron chi connectivity index (χ1n) is 11.1. The first-order chi connectivity index (χ1) is 14.9. The van der Waals surface area contributed by atoms with Crippen molar-refractivity contribution in [2.75, 3.05) is 11.9 Å².